The van der Waals surface area contributed by atoms with Gasteiger partial charge in [0.1, 0.15) is 12.4 Å². The Kier molecular flexibility index (Phi) is 3.15. The number of furan rings is 1. The second-order valence-corrected chi connectivity index (χ2v) is 4.74. The molecule has 4 rings (SSSR count). The van der Waals surface area contributed by atoms with Crippen LogP contribution in [0.4, 0.5) is 6.01 Å². The average Bonchev–Trinajstić information content (AvgIpc) is 3.24. The molecule has 1 aromatic carbocycles. The van der Waals surface area contributed by atoms with Gasteiger partial charge in [-0.05, 0) is 24.3 Å². The molecular weight excluding hydrogens is 286 g/mol. The van der Waals surface area contributed by atoms with E-state index < -0.39 is 6.10 Å². The number of anilines is 1. The Hall–Kier alpha value is -2.96. The Morgan fingerprint density at radius 2 is 2.00 bits per heavy atom. The molecule has 0 saturated carbocycles. The highest BCUT2D eigenvalue weighted by Crippen LogP contribution is 2.35. The molecule has 2 aromatic heterocycles. The molecule has 0 bridgehead atoms. The highest BCUT2D eigenvalue weighted by Gasteiger charge is 2.27. The van der Waals surface area contributed by atoms with Crippen LogP contribution >= 0.6 is 0 Å². The van der Waals surface area contributed by atoms with Crippen molar-refractivity contribution in [3.8, 4) is 11.5 Å². The molecule has 7 heteroatoms. The third-order valence-electron chi connectivity index (χ3n) is 3.22. The average molecular weight is 299 g/mol. The molecule has 3 heterocycles. The largest absolute Gasteiger partial charge is 0.485 e. The van der Waals surface area contributed by atoms with E-state index in [0.29, 0.717) is 30.8 Å². The first-order chi connectivity index (χ1) is 10.9. The zero-order valence-electron chi connectivity index (χ0n) is 11.6. The van der Waals surface area contributed by atoms with Gasteiger partial charge in [0.2, 0.25) is 6.10 Å². The van der Waals surface area contributed by atoms with Crippen molar-refractivity contribution in [2.45, 2.75) is 12.6 Å². The van der Waals surface area contributed by atoms with Crippen molar-refractivity contribution < 1.29 is 18.3 Å². The van der Waals surface area contributed by atoms with Crippen LogP contribution < -0.4 is 14.8 Å². The third-order valence-corrected chi connectivity index (χ3v) is 3.22. The fourth-order valence-electron chi connectivity index (χ4n) is 2.15. The maximum Gasteiger partial charge on any atom is 0.315 e. The van der Waals surface area contributed by atoms with Gasteiger partial charge in [-0.25, -0.2) is 0 Å². The highest BCUT2D eigenvalue weighted by molar-refractivity contribution is 5.41. The molecule has 112 valence electrons. The first kappa shape index (κ1) is 12.8. The Bertz CT molecular complexity index is 754. The predicted octanol–water partition coefficient (Wildman–Crippen LogP) is 2.79. The fraction of sp³-hybridized carbons (Fsp3) is 0.200. The molecule has 0 fully saturated rings. The summed E-state index contributed by atoms with van der Waals surface area (Å²) in [6.45, 7) is 0.802. The molecule has 0 radical (unpaired) electrons. The lowest BCUT2D eigenvalue weighted by atomic mass is 10.2. The Labute approximate surface area is 125 Å². The van der Waals surface area contributed by atoms with Crippen LogP contribution in [0, 0.1) is 0 Å². The summed E-state index contributed by atoms with van der Waals surface area (Å²) in [6, 6.07) is 11.5. The number of fused-ring (bicyclic) bond motifs is 1. The van der Waals surface area contributed by atoms with E-state index in [9.17, 15) is 0 Å². The van der Waals surface area contributed by atoms with Crippen LogP contribution in [0.3, 0.4) is 0 Å². The molecule has 1 unspecified atom stereocenters. The van der Waals surface area contributed by atoms with E-state index in [1.54, 1.807) is 6.26 Å². The monoisotopic (exact) mass is 299 g/mol. The van der Waals surface area contributed by atoms with Gasteiger partial charge in [-0.15, -0.1) is 5.10 Å². The minimum Gasteiger partial charge on any atom is -0.485 e. The zero-order chi connectivity index (χ0) is 14.8. The second-order valence-electron chi connectivity index (χ2n) is 4.74. The van der Waals surface area contributed by atoms with Gasteiger partial charge in [0.15, 0.2) is 11.5 Å². The molecule has 1 atom stereocenters. The van der Waals surface area contributed by atoms with Gasteiger partial charge in [0, 0.05) is 0 Å². The van der Waals surface area contributed by atoms with E-state index in [4.69, 9.17) is 18.3 Å². The van der Waals surface area contributed by atoms with Crippen molar-refractivity contribution >= 4 is 6.01 Å². The second kappa shape index (κ2) is 5.44. The lowest BCUT2D eigenvalue weighted by molar-refractivity contribution is 0.0717. The van der Waals surface area contributed by atoms with E-state index in [2.05, 4.69) is 15.5 Å². The number of hydrogen-bond donors (Lipinski definition) is 1. The standard InChI is InChI=1S/C15H13N3O4/c1-2-6-12-11(5-1)20-9-13(21-12)14-17-18-15(22-14)16-8-10-4-3-7-19-10/h1-7,13H,8-9H2,(H,16,18). The first-order valence-corrected chi connectivity index (χ1v) is 6.86. The van der Waals surface area contributed by atoms with Crippen LogP contribution in [-0.2, 0) is 6.54 Å². The highest BCUT2D eigenvalue weighted by atomic mass is 16.6. The van der Waals surface area contributed by atoms with E-state index >= 15 is 0 Å². The number of ether oxygens (including phenoxy) is 2. The summed E-state index contributed by atoms with van der Waals surface area (Å²) in [7, 11) is 0. The summed E-state index contributed by atoms with van der Waals surface area (Å²) in [6.07, 6.45) is 1.20. The van der Waals surface area contributed by atoms with Crippen molar-refractivity contribution in [1.82, 2.24) is 10.2 Å². The number of benzene rings is 1. The summed E-state index contributed by atoms with van der Waals surface area (Å²) in [5.41, 5.74) is 0. The van der Waals surface area contributed by atoms with Gasteiger partial charge in [0.05, 0.1) is 12.8 Å². The van der Waals surface area contributed by atoms with Crippen LogP contribution in [0.1, 0.15) is 17.8 Å². The predicted molar refractivity (Wildman–Crippen MR) is 75.6 cm³/mol. The van der Waals surface area contributed by atoms with Crippen LogP contribution in [0.2, 0.25) is 0 Å². The number of aromatic nitrogens is 2. The molecule has 7 nitrogen and oxygen atoms in total. The summed E-state index contributed by atoms with van der Waals surface area (Å²) in [5.74, 6) is 2.54. The summed E-state index contributed by atoms with van der Waals surface area (Å²) < 4.78 is 22.2. The van der Waals surface area contributed by atoms with E-state index in [0.717, 1.165) is 11.5 Å². The molecule has 1 aliphatic heterocycles. The van der Waals surface area contributed by atoms with Crippen LogP contribution in [0.25, 0.3) is 0 Å². The fourth-order valence-corrected chi connectivity index (χ4v) is 2.15. The van der Waals surface area contributed by atoms with E-state index in [-0.39, 0.29) is 0 Å². The quantitative estimate of drug-likeness (QED) is 0.793. The minimum absolute atomic E-state index is 0.314. The molecule has 3 aromatic rings. The van der Waals surface area contributed by atoms with Gasteiger partial charge < -0.3 is 23.6 Å². The topological polar surface area (TPSA) is 82.6 Å². The molecule has 0 saturated heterocycles. The van der Waals surface area contributed by atoms with Crippen molar-refractivity contribution in [3.05, 3.63) is 54.3 Å². The third kappa shape index (κ3) is 2.48. The number of nitrogens with one attached hydrogen (secondary N) is 1. The normalized spacial score (nSPS) is 16.5. The smallest absolute Gasteiger partial charge is 0.315 e. The first-order valence-electron chi connectivity index (χ1n) is 6.86. The molecule has 0 amide bonds. The number of para-hydroxylation sites is 2. The minimum atomic E-state index is -0.415. The Morgan fingerprint density at radius 3 is 2.86 bits per heavy atom. The number of hydrogen-bond acceptors (Lipinski definition) is 7. The van der Waals surface area contributed by atoms with Gasteiger partial charge >= 0.3 is 6.01 Å². The summed E-state index contributed by atoms with van der Waals surface area (Å²) in [5, 5.41) is 10.9. The van der Waals surface area contributed by atoms with Crippen molar-refractivity contribution in [2.24, 2.45) is 0 Å². The van der Waals surface area contributed by atoms with Crippen molar-refractivity contribution in [3.63, 3.8) is 0 Å². The summed E-state index contributed by atoms with van der Waals surface area (Å²) >= 11 is 0. The van der Waals surface area contributed by atoms with Gasteiger partial charge in [-0.2, -0.15) is 0 Å². The molecule has 0 spiro atoms. The van der Waals surface area contributed by atoms with Crippen molar-refractivity contribution in [1.29, 1.82) is 0 Å². The maximum absolute atomic E-state index is 5.81. The Balaban J connectivity index is 1.44. The molecule has 1 aliphatic rings. The molecule has 22 heavy (non-hydrogen) atoms. The Morgan fingerprint density at radius 1 is 1.09 bits per heavy atom. The van der Waals surface area contributed by atoms with Crippen LogP contribution in [-0.4, -0.2) is 16.8 Å². The lowest BCUT2D eigenvalue weighted by Crippen LogP contribution is -2.21. The van der Waals surface area contributed by atoms with Crippen LogP contribution in [0.5, 0.6) is 11.5 Å². The SMILES string of the molecule is c1coc(CNc2nnc(C3COc4ccccc4O3)o2)c1. The molecule has 1 N–H and O–H groups in total. The van der Waals surface area contributed by atoms with E-state index in [1.165, 1.54) is 0 Å². The van der Waals surface area contributed by atoms with Gasteiger partial charge in [-0.3, -0.25) is 0 Å². The van der Waals surface area contributed by atoms with Gasteiger partial charge in [0.25, 0.3) is 5.89 Å². The summed E-state index contributed by atoms with van der Waals surface area (Å²) in [4.78, 5) is 0. The van der Waals surface area contributed by atoms with Gasteiger partial charge in [-0.1, -0.05) is 17.2 Å². The zero-order valence-corrected chi connectivity index (χ0v) is 11.6. The molecular formula is C15H13N3O4. The number of nitrogens with zero attached hydrogens (tertiary/aromatic N) is 2. The van der Waals surface area contributed by atoms with Crippen LogP contribution in [0.15, 0.2) is 51.5 Å². The van der Waals surface area contributed by atoms with Crippen molar-refractivity contribution in [2.75, 3.05) is 11.9 Å². The maximum atomic E-state index is 5.81. The van der Waals surface area contributed by atoms with E-state index in [1.807, 2.05) is 36.4 Å². The number of rotatable bonds is 4. The lowest BCUT2D eigenvalue weighted by Gasteiger charge is -2.23. The molecule has 0 aliphatic carbocycles.